The first-order chi connectivity index (χ1) is 9.63. The average Bonchev–Trinajstić information content (AvgIpc) is 2.94. The smallest absolute Gasteiger partial charge is 0.228 e. The molecule has 0 fully saturated rings. The van der Waals surface area contributed by atoms with Crippen LogP contribution in [0.4, 0.5) is 5.13 Å². The van der Waals surface area contributed by atoms with Crippen LogP contribution in [0, 0.1) is 5.92 Å². The van der Waals surface area contributed by atoms with Gasteiger partial charge < -0.3 is 10.1 Å². The lowest BCUT2D eigenvalue weighted by Crippen LogP contribution is -2.19. The molecule has 1 amide bonds. The topological polar surface area (TPSA) is 51.2 Å². The van der Waals surface area contributed by atoms with Crippen LogP contribution in [0.3, 0.4) is 0 Å². The highest BCUT2D eigenvalue weighted by Crippen LogP contribution is 2.26. The monoisotopic (exact) mass is 290 g/mol. The summed E-state index contributed by atoms with van der Waals surface area (Å²) in [5, 5.41) is 5.43. The summed E-state index contributed by atoms with van der Waals surface area (Å²) in [6.45, 7) is 3.90. The summed E-state index contributed by atoms with van der Waals surface area (Å²) >= 11 is 1.44. The Morgan fingerprint density at radius 1 is 1.40 bits per heavy atom. The zero-order valence-electron chi connectivity index (χ0n) is 11.8. The molecule has 2 rings (SSSR count). The van der Waals surface area contributed by atoms with Gasteiger partial charge in [-0.1, -0.05) is 13.8 Å². The maximum atomic E-state index is 11.8. The molecule has 1 heterocycles. The molecule has 0 bridgehead atoms. The number of ether oxygens (including phenoxy) is 1. The number of benzene rings is 1. The molecule has 106 valence electrons. The Labute approximate surface area is 122 Å². The second-order valence-electron chi connectivity index (χ2n) is 4.56. The van der Waals surface area contributed by atoms with Crippen molar-refractivity contribution in [2.75, 3.05) is 12.4 Å². The number of carbonyl (C=O) groups excluding carboxylic acids is 1. The maximum Gasteiger partial charge on any atom is 0.228 e. The Kier molecular flexibility index (Phi) is 4.74. The van der Waals surface area contributed by atoms with Crippen molar-refractivity contribution in [3.63, 3.8) is 0 Å². The molecule has 5 heteroatoms. The molecule has 0 aliphatic carbocycles. The van der Waals surface area contributed by atoms with E-state index >= 15 is 0 Å². The predicted molar refractivity (Wildman–Crippen MR) is 82.2 cm³/mol. The van der Waals surface area contributed by atoms with Crippen molar-refractivity contribution in [1.82, 2.24) is 4.98 Å². The molecule has 2 aromatic rings. The lowest BCUT2D eigenvalue weighted by molar-refractivity contribution is -0.119. The third-order valence-electron chi connectivity index (χ3n) is 3.18. The van der Waals surface area contributed by atoms with E-state index in [1.165, 1.54) is 11.3 Å². The van der Waals surface area contributed by atoms with Crippen molar-refractivity contribution in [2.45, 2.75) is 20.3 Å². The second kappa shape index (κ2) is 6.52. The number of methoxy groups -OCH3 is 1. The van der Waals surface area contributed by atoms with Crippen LogP contribution < -0.4 is 10.1 Å². The van der Waals surface area contributed by atoms with E-state index in [4.69, 9.17) is 4.74 Å². The summed E-state index contributed by atoms with van der Waals surface area (Å²) < 4.78 is 5.13. The van der Waals surface area contributed by atoms with Gasteiger partial charge in [-0.25, -0.2) is 4.98 Å². The Morgan fingerprint density at radius 3 is 2.70 bits per heavy atom. The lowest BCUT2D eigenvalue weighted by atomic mass is 10.1. The summed E-state index contributed by atoms with van der Waals surface area (Å²) in [5.74, 6) is 0.834. The van der Waals surface area contributed by atoms with Crippen LogP contribution in [0.1, 0.15) is 20.3 Å². The summed E-state index contributed by atoms with van der Waals surface area (Å²) in [7, 11) is 1.64. The first kappa shape index (κ1) is 14.5. The van der Waals surface area contributed by atoms with Crippen molar-refractivity contribution in [1.29, 1.82) is 0 Å². The molecule has 1 atom stereocenters. The molecular formula is C15H18N2O2S. The van der Waals surface area contributed by atoms with Gasteiger partial charge in [0.1, 0.15) is 5.75 Å². The minimum Gasteiger partial charge on any atom is -0.497 e. The van der Waals surface area contributed by atoms with Crippen molar-refractivity contribution >= 4 is 22.4 Å². The Morgan fingerprint density at radius 2 is 2.10 bits per heavy atom. The summed E-state index contributed by atoms with van der Waals surface area (Å²) in [6.07, 6.45) is 0.822. The molecule has 0 aliphatic rings. The summed E-state index contributed by atoms with van der Waals surface area (Å²) in [4.78, 5) is 16.3. The minimum absolute atomic E-state index is 0.00309. The van der Waals surface area contributed by atoms with Crippen LogP contribution >= 0.6 is 11.3 Å². The van der Waals surface area contributed by atoms with Crippen LogP contribution in [0.2, 0.25) is 0 Å². The number of hydrogen-bond donors (Lipinski definition) is 1. The van der Waals surface area contributed by atoms with Gasteiger partial charge in [-0.15, -0.1) is 11.3 Å². The average molecular weight is 290 g/mol. The molecule has 1 N–H and O–H groups in total. The van der Waals surface area contributed by atoms with Gasteiger partial charge in [0.15, 0.2) is 5.13 Å². The van der Waals surface area contributed by atoms with Crippen molar-refractivity contribution in [2.24, 2.45) is 5.92 Å². The summed E-state index contributed by atoms with van der Waals surface area (Å²) in [5.41, 5.74) is 1.86. The third-order valence-corrected chi connectivity index (χ3v) is 3.94. The number of hydrogen-bond acceptors (Lipinski definition) is 4. The van der Waals surface area contributed by atoms with E-state index in [0.717, 1.165) is 23.4 Å². The quantitative estimate of drug-likeness (QED) is 0.911. The highest BCUT2D eigenvalue weighted by molar-refractivity contribution is 7.14. The predicted octanol–water partition coefficient (Wildman–Crippen LogP) is 3.80. The molecule has 20 heavy (non-hydrogen) atoms. The third kappa shape index (κ3) is 3.36. The standard InChI is InChI=1S/C15H18N2O2S/c1-4-10(2)14(18)17-15-16-13(9-20-15)11-5-7-12(19-3)8-6-11/h5-10H,4H2,1-3H3,(H,16,17,18). The van der Waals surface area contributed by atoms with Gasteiger partial charge in [0.05, 0.1) is 12.8 Å². The van der Waals surface area contributed by atoms with E-state index in [-0.39, 0.29) is 11.8 Å². The van der Waals surface area contributed by atoms with Gasteiger partial charge in [-0.3, -0.25) is 4.79 Å². The molecule has 4 nitrogen and oxygen atoms in total. The zero-order valence-corrected chi connectivity index (χ0v) is 12.7. The Bertz CT molecular complexity index is 578. The van der Waals surface area contributed by atoms with Crippen LogP contribution in [0.15, 0.2) is 29.6 Å². The fraction of sp³-hybridized carbons (Fsp3) is 0.333. The molecule has 1 aromatic heterocycles. The largest absolute Gasteiger partial charge is 0.497 e. The molecule has 0 spiro atoms. The molecule has 0 saturated carbocycles. The number of nitrogens with zero attached hydrogens (tertiary/aromatic N) is 1. The van der Waals surface area contributed by atoms with Gasteiger partial charge in [-0.05, 0) is 30.7 Å². The zero-order chi connectivity index (χ0) is 14.5. The van der Waals surface area contributed by atoms with Crippen LogP contribution in [-0.4, -0.2) is 18.0 Å². The number of nitrogens with one attached hydrogen (secondary N) is 1. The van der Waals surface area contributed by atoms with Gasteiger partial charge in [0, 0.05) is 16.9 Å². The number of anilines is 1. The molecule has 0 radical (unpaired) electrons. The van der Waals surface area contributed by atoms with E-state index in [0.29, 0.717) is 5.13 Å². The number of carbonyl (C=O) groups is 1. The van der Waals surface area contributed by atoms with Gasteiger partial charge >= 0.3 is 0 Å². The van der Waals surface area contributed by atoms with Crippen LogP contribution in [-0.2, 0) is 4.79 Å². The molecule has 1 unspecified atom stereocenters. The maximum absolute atomic E-state index is 11.8. The van der Waals surface area contributed by atoms with E-state index in [1.807, 2.05) is 43.5 Å². The van der Waals surface area contributed by atoms with E-state index in [1.54, 1.807) is 7.11 Å². The number of amides is 1. The first-order valence-corrected chi connectivity index (χ1v) is 7.42. The van der Waals surface area contributed by atoms with E-state index in [9.17, 15) is 4.79 Å². The number of thiazole rings is 1. The first-order valence-electron chi connectivity index (χ1n) is 6.54. The van der Waals surface area contributed by atoms with Crippen molar-refractivity contribution in [3.05, 3.63) is 29.6 Å². The van der Waals surface area contributed by atoms with Crippen LogP contribution in [0.25, 0.3) is 11.3 Å². The minimum atomic E-state index is 0.00309. The Balaban J connectivity index is 2.10. The van der Waals surface area contributed by atoms with Crippen LogP contribution in [0.5, 0.6) is 5.75 Å². The fourth-order valence-corrected chi connectivity index (χ4v) is 2.36. The van der Waals surface area contributed by atoms with Crippen molar-refractivity contribution < 1.29 is 9.53 Å². The molecule has 1 aromatic carbocycles. The van der Waals surface area contributed by atoms with E-state index in [2.05, 4.69) is 10.3 Å². The highest BCUT2D eigenvalue weighted by Gasteiger charge is 2.13. The van der Waals surface area contributed by atoms with Gasteiger partial charge in [0.25, 0.3) is 0 Å². The number of rotatable bonds is 5. The van der Waals surface area contributed by atoms with Gasteiger partial charge in [0.2, 0.25) is 5.91 Å². The van der Waals surface area contributed by atoms with E-state index < -0.39 is 0 Å². The van der Waals surface area contributed by atoms with Gasteiger partial charge in [-0.2, -0.15) is 0 Å². The Hall–Kier alpha value is -1.88. The molecule has 0 saturated heterocycles. The second-order valence-corrected chi connectivity index (χ2v) is 5.42. The molecule has 0 aliphatic heterocycles. The normalized spacial score (nSPS) is 11.9. The molecular weight excluding hydrogens is 272 g/mol. The fourth-order valence-electron chi connectivity index (χ4n) is 1.64. The highest BCUT2D eigenvalue weighted by atomic mass is 32.1. The summed E-state index contributed by atoms with van der Waals surface area (Å²) in [6, 6.07) is 7.69. The van der Waals surface area contributed by atoms with Crippen molar-refractivity contribution in [3.8, 4) is 17.0 Å². The SMILES string of the molecule is CCC(C)C(=O)Nc1nc(-c2ccc(OC)cc2)cs1. The number of aromatic nitrogens is 1. The lowest BCUT2D eigenvalue weighted by Gasteiger charge is -2.06.